The summed E-state index contributed by atoms with van der Waals surface area (Å²) in [5, 5.41) is 9.14. The fourth-order valence-electron chi connectivity index (χ4n) is 4.59. The Morgan fingerprint density at radius 1 is 1.07 bits per heavy atom. The van der Waals surface area contributed by atoms with Crippen molar-refractivity contribution >= 4 is 11.8 Å². The number of hydrogen-bond acceptors (Lipinski definition) is 4. The van der Waals surface area contributed by atoms with Crippen molar-refractivity contribution in [3.8, 4) is 5.75 Å². The average Bonchev–Trinajstić information content (AvgIpc) is 3.10. The number of nitrogens with one attached hydrogen (secondary N) is 3. The highest BCUT2D eigenvalue weighted by atomic mass is 16.5. The molecule has 2 aromatic carbocycles. The number of carbonyl (C=O) groups excluding carboxylic acids is 2. The van der Waals surface area contributed by atoms with Crippen LogP contribution in [0.15, 0.2) is 42.5 Å². The van der Waals surface area contributed by atoms with E-state index in [-0.39, 0.29) is 23.8 Å². The first-order valence-electron chi connectivity index (χ1n) is 9.76. The summed E-state index contributed by atoms with van der Waals surface area (Å²) in [4.78, 5) is 25.4. The fraction of sp³-hybridized carbons (Fsp3) is 0.364. The largest absolute Gasteiger partial charge is 0.491 e. The molecule has 1 saturated carbocycles. The molecule has 0 bridgehead atoms. The van der Waals surface area contributed by atoms with Gasteiger partial charge in [-0.05, 0) is 29.5 Å². The van der Waals surface area contributed by atoms with Crippen LogP contribution in [0.3, 0.4) is 0 Å². The Morgan fingerprint density at radius 2 is 1.82 bits per heavy atom. The van der Waals surface area contributed by atoms with Crippen LogP contribution < -0.4 is 20.7 Å². The van der Waals surface area contributed by atoms with Crippen LogP contribution in [0.5, 0.6) is 5.75 Å². The van der Waals surface area contributed by atoms with Crippen molar-refractivity contribution in [1.82, 2.24) is 16.0 Å². The molecular weight excluding hydrogens is 354 g/mol. The van der Waals surface area contributed by atoms with E-state index in [4.69, 9.17) is 4.74 Å². The van der Waals surface area contributed by atoms with Crippen LogP contribution in [0, 0.1) is 11.8 Å². The molecular formula is C22H23N3O3. The third-order valence-electron chi connectivity index (χ3n) is 6.21. The quantitative estimate of drug-likeness (QED) is 0.755. The van der Waals surface area contributed by atoms with Crippen LogP contribution in [0.2, 0.25) is 0 Å². The van der Waals surface area contributed by atoms with Gasteiger partial charge in [0.25, 0.3) is 11.8 Å². The van der Waals surface area contributed by atoms with Gasteiger partial charge in [-0.25, -0.2) is 0 Å². The van der Waals surface area contributed by atoms with Crippen LogP contribution in [0.4, 0.5) is 0 Å². The third kappa shape index (κ3) is 2.76. The Balaban J connectivity index is 1.50. The molecule has 5 rings (SSSR count). The first-order chi connectivity index (χ1) is 13.7. The number of amides is 2. The molecule has 2 unspecified atom stereocenters. The maximum atomic E-state index is 12.9. The maximum Gasteiger partial charge on any atom is 0.254 e. The second-order valence-corrected chi connectivity index (χ2v) is 7.78. The van der Waals surface area contributed by atoms with E-state index in [9.17, 15) is 9.59 Å². The zero-order valence-electron chi connectivity index (χ0n) is 15.7. The topological polar surface area (TPSA) is 79.5 Å². The lowest BCUT2D eigenvalue weighted by Crippen LogP contribution is -2.32. The highest BCUT2D eigenvalue weighted by Gasteiger charge is 2.53. The minimum Gasteiger partial charge on any atom is -0.491 e. The molecule has 2 heterocycles. The van der Waals surface area contributed by atoms with E-state index in [1.807, 2.05) is 36.4 Å². The first kappa shape index (κ1) is 17.3. The van der Waals surface area contributed by atoms with Gasteiger partial charge >= 0.3 is 0 Å². The Morgan fingerprint density at radius 3 is 2.54 bits per heavy atom. The Bertz CT molecular complexity index is 934. The zero-order chi connectivity index (χ0) is 19.3. The lowest BCUT2D eigenvalue weighted by Gasteiger charge is -2.13. The van der Waals surface area contributed by atoms with E-state index >= 15 is 0 Å². The normalized spacial score (nSPS) is 26.8. The molecule has 1 saturated heterocycles. The molecule has 2 fully saturated rings. The minimum absolute atomic E-state index is 0.0110. The zero-order valence-corrected chi connectivity index (χ0v) is 15.7. The van der Waals surface area contributed by atoms with Gasteiger partial charge in [-0.2, -0.15) is 0 Å². The van der Waals surface area contributed by atoms with E-state index in [1.54, 1.807) is 13.1 Å². The summed E-state index contributed by atoms with van der Waals surface area (Å²) in [5.41, 5.74) is 2.95. The predicted molar refractivity (Wildman–Crippen MR) is 105 cm³/mol. The molecule has 2 aliphatic heterocycles. The van der Waals surface area contributed by atoms with Gasteiger partial charge in [0, 0.05) is 43.2 Å². The molecule has 144 valence electrons. The summed E-state index contributed by atoms with van der Waals surface area (Å²) in [6.07, 6.45) is 0. The van der Waals surface area contributed by atoms with Crippen LogP contribution in [0.25, 0.3) is 0 Å². The molecule has 2 aromatic rings. The number of ether oxygens (including phenoxy) is 1. The van der Waals surface area contributed by atoms with Crippen molar-refractivity contribution in [1.29, 1.82) is 0 Å². The van der Waals surface area contributed by atoms with Gasteiger partial charge in [-0.1, -0.05) is 30.3 Å². The Hall–Kier alpha value is -2.86. The lowest BCUT2D eigenvalue weighted by molar-refractivity contribution is 0.0946. The van der Waals surface area contributed by atoms with Crippen molar-refractivity contribution in [2.24, 2.45) is 11.8 Å². The van der Waals surface area contributed by atoms with Crippen LogP contribution in [-0.4, -0.2) is 44.6 Å². The van der Waals surface area contributed by atoms with E-state index in [2.05, 4.69) is 16.0 Å². The van der Waals surface area contributed by atoms with Gasteiger partial charge < -0.3 is 20.7 Å². The summed E-state index contributed by atoms with van der Waals surface area (Å²) >= 11 is 0. The van der Waals surface area contributed by atoms with Crippen LogP contribution >= 0.6 is 0 Å². The number of benzene rings is 2. The Kier molecular flexibility index (Phi) is 4.09. The number of carbonyl (C=O) groups is 2. The summed E-state index contributed by atoms with van der Waals surface area (Å²) in [7, 11) is 1.59. The monoisotopic (exact) mass is 377 g/mol. The fourth-order valence-corrected chi connectivity index (χ4v) is 4.59. The van der Waals surface area contributed by atoms with Gasteiger partial charge in [0.15, 0.2) is 0 Å². The molecule has 1 aliphatic carbocycles. The third-order valence-corrected chi connectivity index (χ3v) is 6.21. The Labute approximate surface area is 163 Å². The number of piperidine rings is 1. The lowest BCUT2D eigenvalue weighted by atomic mass is 9.90. The predicted octanol–water partition coefficient (Wildman–Crippen LogP) is 1.52. The van der Waals surface area contributed by atoms with Crippen molar-refractivity contribution in [2.45, 2.75) is 12.0 Å². The highest BCUT2D eigenvalue weighted by Crippen LogP contribution is 2.43. The summed E-state index contributed by atoms with van der Waals surface area (Å²) < 4.78 is 5.91. The molecule has 6 nitrogen and oxygen atoms in total. The van der Waals surface area contributed by atoms with Gasteiger partial charge in [0.2, 0.25) is 0 Å². The van der Waals surface area contributed by atoms with E-state index in [0.29, 0.717) is 35.3 Å². The van der Waals surface area contributed by atoms with Gasteiger partial charge in [-0.3, -0.25) is 9.59 Å². The molecule has 4 atom stereocenters. The number of hydrogen-bond donors (Lipinski definition) is 3. The summed E-state index contributed by atoms with van der Waals surface area (Å²) in [6, 6.07) is 13.8. The molecule has 3 N–H and O–H groups in total. The highest BCUT2D eigenvalue weighted by molar-refractivity contribution is 6.02. The second kappa shape index (κ2) is 6.63. The molecule has 28 heavy (non-hydrogen) atoms. The number of rotatable bonds is 4. The molecule has 0 aromatic heterocycles. The van der Waals surface area contributed by atoms with Crippen LogP contribution in [0.1, 0.15) is 37.8 Å². The molecule has 0 radical (unpaired) electrons. The molecule has 0 spiro atoms. The minimum atomic E-state index is -0.243. The summed E-state index contributed by atoms with van der Waals surface area (Å²) in [5.74, 6) is 1.31. The van der Waals surface area contributed by atoms with Crippen molar-refractivity contribution < 1.29 is 14.3 Å². The van der Waals surface area contributed by atoms with E-state index < -0.39 is 0 Å². The number of fused-ring (bicyclic) bond motifs is 2. The second-order valence-electron chi connectivity index (χ2n) is 7.78. The summed E-state index contributed by atoms with van der Waals surface area (Å²) in [6.45, 7) is 2.40. The van der Waals surface area contributed by atoms with Crippen molar-refractivity contribution in [3.05, 3.63) is 64.7 Å². The molecule has 6 heteroatoms. The SMILES string of the molecule is CNC(=O)c1cc(C(=O)NC2[C@H]3CNC[C@@H]23)cc2c1OCC2c1ccccc1. The molecule has 3 aliphatic rings. The van der Waals surface area contributed by atoms with Gasteiger partial charge in [0.05, 0.1) is 12.2 Å². The first-order valence-corrected chi connectivity index (χ1v) is 9.76. The maximum absolute atomic E-state index is 12.9. The van der Waals surface area contributed by atoms with E-state index in [0.717, 1.165) is 24.2 Å². The van der Waals surface area contributed by atoms with Crippen molar-refractivity contribution in [3.63, 3.8) is 0 Å². The van der Waals surface area contributed by atoms with Crippen LogP contribution in [-0.2, 0) is 0 Å². The van der Waals surface area contributed by atoms with E-state index in [1.165, 1.54) is 0 Å². The average molecular weight is 377 g/mol. The van der Waals surface area contributed by atoms with Crippen molar-refractivity contribution in [2.75, 3.05) is 26.7 Å². The molecule has 2 amide bonds. The standard InChI is InChI=1S/C22H23N3O3/c1-23-22(27)15-8-13(21(26)25-19-16-9-24-10-17(16)19)7-14-18(11-28-20(14)15)12-5-3-2-4-6-12/h2-8,16-19,24H,9-11H2,1H3,(H,23,27)(H,25,26)/t16-,17+,18?,19?. The van der Waals surface area contributed by atoms with Gasteiger partial charge in [-0.15, -0.1) is 0 Å². The smallest absolute Gasteiger partial charge is 0.254 e. The van der Waals surface area contributed by atoms with Gasteiger partial charge in [0.1, 0.15) is 5.75 Å².